The lowest BCUT2D eigenvalue weighted by Crippen LogP contribution is -2.56. The molecule has 8 heteroatoms. The molecule has 4 fully saturated rings. The quantitative estimate of drug-likeness (QED) is 0.414. The number of ether oxygens (including phenoxy) is 2. The first-order chi connectivity index (χ1) is 14.3. The Bertz CT molecular complexity index is 832. The van der Waals surface area contributed by atoms with E-state index in [2.05, 4.69) is 12.2 Å². The summed E-state index contributed by atoms with van der Waals surface area (Å²) in [5.41, 5.74) is -0.159. The molecule has 5 rings (SSSR count). The summed E-state index contributed by atoms with van der Waals surface area (Å²) in [5, 5.41) is 14.0. The highest BCUT2D eigenvalue weighted by Crippen LogP contribution is 2.61. The van der Waals surface area contributed by atoms with Crippen LogP contribution in [-0.2, 0) is 9.53 Å². The molecule has 1 aromatic rings. The second-order valence-corrected chi connectivity index (χ2v) is 9.29. The third-order valence-corrected chi connectivity index (χ3v) is 7.33. The number of hydrogen-bond donors (Lipinski definition) is 1. The molecule has 0 heterocycles. The molecule has 8 nitrogen and oxygen atoms in total. The van der Waals surface area contributed by atoms with E-state index in [1.165, 1.54) is 57.8 Å². The number of carbonyl (C=O) groups excluding carboxylic acids is 2. The molecule has 162 valence electrons. The van der Waals surface area contributed by atoms with Crippen LogP contribution in [0.5, 0.6) is 5.75 Å². The number of rotatable bonds is 7. The van der Waals surface area contributed by atoms with Crippen molar-refractivity contribution >= 4 is 17.6 Å². The van der Waals surface area contributed by atoms with Crippen molar-refractivity contribution in [1.29, 1.82) is 0 Å². The van der Waals surface area contributed by atoms with Crippen LogP contribution in [0.4, 0.5) is 5.69 Å². The minimum absolute atomic E-state index is 0.0319. The van der Waals surface area contributed by atoms with Crippen LogP contribution in [0, 0.1) is 33.3 Å². The van der Waals surface area contributed by atoms with Crippen LogP contribution < -0.4 is 10.1 Å². The number of non-ortho nitro benzene ring substituents is 1. The standard InChI is InChI=1S/C22H28N2O6/c1-13(22-9-14-5-15(10-22)7-16(6-14)11-22)23-20(25)12-30-21(26)18-8-17(24(27)28)3-4-19(18)29-2/h3-4,8,13-16H,5-7,9-12H2,1-2H3,(H,23,25)/t13-,14?,15?,16?,22?/m0/s1. The second-order valence-electron chi connectivity index (χ2n) is 9.29. The largest absolute Gasteiger partial charge is 0.496 e. The molecule has 4 aliphatic carbocycles. The fourth-order valence-corrected chi connectivity index (χ4v) is 6.32. The summed E-state index contributed by atoms with van der Waals surface area (Å²) in [6.07, 6.45) is 7.52. The van der Waals surface area contributed by atoms with E-state index < -0.39 is 17.5 Å². The van der Waals surface area contributed by atoms with E-state index in [4.69, 9.17) is 9.47 Å². The van der Waals surface area contributed by atoms with Crippen LogP contribution in [0.2, 0.25) is 0 Å². The van der Waals surface area contributed by atoms with Crippen molar-refractivity contribution in [3.05, 3.63) is 33.9 Å². The lowest BCUT2D eigenvalue weighted by Gasteiger charge is -2.59. The zero-order valence-corrected chi connectivity index (χ0v) is 17.4. The van der Waals surface area contributed by atoms with Gasteiger partial charge in [0.25, 0.3) is 11.6 Å². The Hall–Kier alpha value is -2.64. The number of esters is 1. The SMILES string of the molecule is COc1ccc([N+](=O)[O-])cc1C(=O)OCC(=O)N[C@@H](C)C12CC3CC(CC(C3)C1)C2. The molecular weight excluding hydrogens is 388 g/mol. The minimum atomic E-state index is -0.826. The van der Waals surface area contributed by atoms with E-state index in [0.29, 0.717) is 0 Å². The van der Waals surface area contributed by atoms with Crippen molar-refractivity contribution in [1.82, 2.24) is 5.32 Å². The molecule has 0 spiro atoms. The van der Waals surface area contributed by atoms with Gasteiger partial charge in [-0.05, 0) is 74.7 Å². The Kier molecular flexibility index (Phi) is 5.42. The summed E-state index contributed by atoms with van der Waals surface area (Å²) in [5.74, 6) is 1.34. The number of methoxy groups -OCH3 is 1. The number of nitrogens with one attached hydrogen (secondary N) is 1. The van der Waals surface area contributed by atoms with Crippen LogP contribution in [0.25, 0.3) is 0 Å². The summed E-state index contributed by atoms with van der Waals surface area (Å²) >= 11 is 0. The number of hydrogen-bond acceptors (Lipinski definition) is 6. The maximum absolute atomic E-state index is 12.5. The molecule has 1 atom stereocenters. The van der Waals surface area contributed by atoms with Gasteiger partial charge in [-0.15, -0.1) is 0 Å². The fourth-order valence-electron chi connectivity index (χ4n) is 6.32. The molecule has 4 saturated carbocycles. The fraction of sp³-hybridized carbons (Fsp3) is 0.636. The van der Waals surface area contributed by atoms with Gasteiger partial charge in [-0.2, -0.15) is 0 Å². The van der Waals surface area contributed by atoms with Gasteiger partial charge in [-0.3, -0.25) is 14.9 Å². The van der Waals surface area contributed by atoms with Crippen LogP contribution in [0.1, 0.15) is 55.8 Å². The zero-order chi connectivity index (χ0) is 21.5. The molecule has 0 saturated heterocycles. The molecule has 1 amide bonds. The zero-order valence-electron chi connectivity index (χ0n) is 17.4. The summed E-state index contributed by atoms with van der Waals surface area (Å²) in [6.45, 7) is 1.64. The smallest absolute Gasteiger partial charge is 0.342 e. The number of nitro benzene ring substituents is 1. The average molecular weight is 416 g/mol. The normalized spacial score (nSPS) is 29.9. The maximum atomic E-state index is 12.5. The number of benzene rings is 1. The Labute approximate surface area is 175 Å². The third-order valence-electron chi connectivity index (χ3n) is 7.33. The highest BCUT2D eigenvalue weighted by molar-refractivity contribution is 5.94. The average Bonchev–Trinajstić information content (AvgIpc) is 2.70. The van der Waals surface area contributed by atoms with E-state index in [0.717, 1.165) is 23.8 Å². The van der Waals surface area contributed by atoms with E-state index in [1.807, 2.05) is 0 Å². The van der Waals surface area contributed by atoms with Crippen LogP contribution in [0.3, 0.4) is 0 Å². The Balaban J connectivity index is 1.35. The molecule has 0 unspecified atom stereocenters. The van der Waals surface area contributed by atoms with Gasteiger partial charge in [0, 0.05) is 18.2 Å². The molecule has 1 N–H and O–H groups in total. The lowest BCUT2D eigenvalue weighted by molar-refractivity contribution is -0.384. The van der Waals surface area contributed by atoms with Crippen molar-refractivity contribution < 1.29 is 24.0 Å². The van der Waals surface area contributed by atoms with Gasteiger partial charge >= 0.3 is 5.97 Å². The predicted octanol–water partition coefficient (Wildman–Crippen LogP) is 3.48. The van der Waals surface area contributed by atoms with Crippen LogP contribution in [0.15, 0.2) is 18.2 Å². The van der Waals surface area contributed by atoms with Gasteiger partial charge < -0.3 is 14.8 Å². The molecule has 0 radical (unpaired) electrons. The highest BCUT2D eigenvalue weighted by Gasteiger charge is 2.53. The van der Waals surface area contributed by atoms with Crippen molar-refractivity contribution in [3.63, 3.8) is 0 Å². The van der Waals surface area contributed by atoms with Crippen LogP contribution in [-0.4, -0.2) is 36.6 Å². The summed E-state index contributed by atoms with van der Waals surface area (Å²) < 4.78 is 10.2. The Morgan fingerprint density at radius 3 is 2.33 bits per heavy atom. The van der Waals surface area contributed by atoms with Crippen molar-refractivity contribution in [3.8, 4) is 5.75 Å². The number of nitrogens with zero attached hydrogens (tertiary/aromatic N) is 1. The summed E-state index contributed by atoms with van der Waals surface area (Å²) in [7, 11) is 1.36. The van der Waals surface area contributed by atoms with Gasteiger partial charge in [0.1, 0.15) is 11.3 Å². The number of nitro groups is 1. The van der Waals surface area contributed by atoms with Crippen molar-refractivity contribution in [2.45, 2.75) is 51.5 Å². The van der Waals surface area contributed by atoms with E-state index in [9.17, 15) is 19.7 Å². The summed E-state index contributed by atoms with van der Waals surface area (Å²) in [6, 6.07) is 3.71. The monoisotopic (exact) mass is 416 g/mol. The van der Waals surface area contributed by atoms with Crippen molar-refractivity contribution in [2.75, 3.05) is 13.7 Å². The topological polar surface area (TPSA) is 108 Å². The molecule has 30 heavy (non-hydrogen) atoms. The van der Waals surface area contributed by atoms with Crippen molar-refractivity contribution in [2.24, 2.45) is 23.2 Å². The molecule has 0 aliphatic heterocycles. The minimum Gasteiger partial charge on any atom is -0.496 e. The molecule has 4 aliphatic rings. The first-order valence-corrected chi connectivity index (χ1v) is 10.6. The molecule has 4 bridgehead atoms. The Morgan fingerprint density at radius 2 is 1.80 bits per heavy atom. The number of amides is 1. The third kappa shape index (κ3) is 3.87. The number of carbonyl (C=O) groups is 2. The first kappa shape index (κ1) is 20.6. The van der Waals surface area contributed by atoms with E-state index >= 15 is 0 Å². The van der Waals surface area contributed by atoms with Crippen LogP contribution >= 0.6 is 0 Å². The molecular formula is C22H28N2O6. The van der Waals surface area contributed by atoms with Gasteiger partial charge in [0.15, 0.2) is 6.61 Å². The summed E-state index contributed by atoms with van der Waals surface area (Å²) in [4.78, 5) is 35.3. The highest BCUT2D eigenvalue weighted by atomic mass is 16.6. The lowest BCUT2D eigenvalue weighted by atomic mass is 9.48. The second kappa shape index (κ2) is 7.89. The van der Waals surface area contributed by atoms with Gasteiger partial charge in [0.2, 0.25) is 0 Å². The Morgan fingerprint density at radius 1 is 1.20 bits per heavy atom. The predicted molar refractivity (Wildman–Crippen MR) is 108 cm³/mol. The van der Waals surface area contributed by atoms with E-state index in [1.54, 1.807) is 0 Å². The molecule has 0 aromatic heterocycles. The van der Waals surface area contributed by atoms with Gasteiger partial charge in [0.05, 0.1) is 12.0 Å². The maximum Gasteiger partial charge on any atom is 0.342 e. The van der Waals surface area contributed by atoms with Gasteiger partial charge in [-0.1, -0.05) is 0 Å². The molecule has 1 aromatic carbocycles. The van der Waals surface area contributed by atoms with Gasteiger partial charge in [-0.25, -0.2) is 4.79 Å². The van der Waals surface area contributed by atoms with E-state index in [-0.39, 0.29) is 34.4 Å². The first-order valence-electron chi connectivity index (χ1n) is 10.6.